The van der Waals surface area contributed by atoms with Gasteiger partial charge in [-0.05, 0) is 105 Å². The number of carbonyl (C=O) groups is 3. The molecule has 4 fully saturated rings. The van der Waals surface area contributed by atoms with Crippen molar-refractivity contribution in [2.45, 2.75) is 112 Å². The lowest BCUT2D eigenvalue weighted by atomic mass is 9.47. The lowest BCUT2D eigenvalue weighted by Gasteiger charge is -2.63. The van der Waals surface area contributed by atoms with Crippen molar-refractivity contribution < 1.29 is 47.2 Å². The smallest absolute Gasteiger partial charge is 0.344 e. The fraction of sp³-hybridized carbons (Fsp3) is 0.612. The summed E-state index contributed by atoms with van der Waals surface area (Å²) in [5, 5.41) is 14.4. The van der Waals surface area contributed by atoms with Gasteiger partial charge >= 0.3 is 17.9 Å². The van der Waals surface area contributed by atoms with E-state index in [9.17, 15) is 14.7 Å². The van der Waals surface area contributed by atoms with Crippen LogP contribution in [0.4, 0.5) is 14.5 Å². The number of likely N-dealkylation sites (N-methyl/N-ethyl adjacent to an activating group) is 1. The summed E-state index contributed by atoms with van der Waals surface area (Å²) in [5.74, 6) is -5.38. The van der Waals surface area contributed by atoms with Gasteiger partial charge in [-0.15, -0.1) is 0 Å². The number of aromatic amines is 1. The topological polar surface area (TPSA) is 134 Å². The van der Waals surface area contributed by atoms with Gasteiger partial charge in [0.25, 0.3) is 0 Å². The van der Waals surface area contributed by atoms with E-state index in [4.69, 9.17) is 18.9 Å². The van der Waals surface area contributed by atoms with Crippen molar-refractivity contribution >= 4 is 34.5 Å². The Morgan fingerprint density at radius 3 is 2.43 bits per heavy atom. The third-order valence-electron chi connectivity index (χ3n) is 16.7. The highest BCUT2D eigenvalue weighted by atomic mass is 19.3. The number of aliphatic hydroxyl groups is 1. The fourth-order valence-electron chi connectivity index (χ4n) is 14.2. The van der Waals surface area contributed by atoms with Crippen molar-refractivity contribution in [3.05, 3.63) is 70.4 Å². The number of benzene rings is 2. The number of rotatable bonds is 8. The lowest BCUT2D eigenvalue weighted by Crippen LogP contribution is -2.81. The number of methoxy groups -OCH3 is 3. The van der Waals surface area contributed by atoms with E-state index < -0.39 is 63.7 Å². The summed E-state index contributed by atoms with van der Waals surface area (Å²) in [4.78, 5) is 53.2. The summed E-state index contributed by atoms with van der Waals surface area (Å²) in [7, 11) is 6.01. The SMILES string of the molecule is CC[C@@]12C=CCN3CCC4(c5cc([C@@]6(C(=O)OC)CC7CC(C(C)(F)F)CN(CCc8c6[nH]c6ccc(C9CC9)cc86)C7)c(OC)cc5N(C)C4[C@](O)(C(=O)OC)[C@H]1OC(C)=O)C32. The number of aromatic nitrogens is 1. The molecule has 2 aliphatic carbocycles. The van der Waals surface area contributed by atoms with Crippen LogP contribution < -0.4 is 9.64 Å². The molecule has 1 aromatic heterocycles. The molecule has 338 valence electrons. The van der Waals surface area contributed by atoms with Crippen LogP contribution in [0.25, 0.3) is 10.9 Å². The molecule has 2 saturated heterocycles. The quantitative estimate of drug-likeness (QED) is 0.157. The average Bonchev–Trinajstić information content (AvgIpc) is 3.88. The number of nitrogens with zero attached hydrogens (tertiary/aromatic N) is 3. The van der Waals surface area contributed by atoms with Crippen molar-refractivity contribution in [3.63, 3.8) is 0 Å². The zero-order valence-corrected chi connectivity index (χ0v) is 37.4. The van der Waals surface area contributed by atoms with Gasteiger partial charge in [0.1, 0.15) is 11.2 Å². The van der Waals surface area contributed by atoms with Crippen LogP contribution in [0.5, 0.6) is 5.75 Å². The number of hydrogen-bond acceptors (Lipinski definition) is 11. The number of anilines is 1. The Morgan fingerprint density at radius 1 is 1.00 bits per heavy atom. The predicted molar refractivity (Wildman–Crippen MR) is 231 cm³/mol. The summed E-state index contributed by atoms with van der Waals surface area (Å²) in [6, 6.07) is 9.11. The first-order valence-electron chi connectivity index (χ1n) is 22.7. The molecule has 10 atom stereocenters. The van der Waals surface area contributed by atoms with Crippen molar-refractivity contribution in [1.82, 2.24) is 14.8 Å². The number of H-pyrrole nitrogens is 1. The van der Waals surface area contributed by atoms with Gasteiger partial charge < -0.3 is 38.8 Å². The van der Waals surface area contributed by atoms with Crippen LogP contribution in [0.15, 0.2) is 42.5 Å². The molecule has 2 aromatic carbocycles. The molecule has 5 aliphatic heterocycles. The van der Waals surface area contributed by atoms with Gasteiger partial charge in [0.2, 0.25) is 11.5 Å². The molecule has 63 heavy (non-hydrogen) atoms. The Labute approximate surface area is 367 Å². The van der Waals surface area contributed by atoms with E-state index in [2.05, 4.69) is 33.0 Å². The molecule has 3 aromatic rings. The van der Waals surface area contributed by atoms with Gasteiger partial charge in [0.05, 0.1) is 27.4 Å². The summed E-state index contributed by atoms with van der Waals surface area (Å²) in [5.41, 5.74) is -0.123. The molecule has 1 spiro atoms. The largest absolute Gasteiger partial charge is 0.496 e. The van der Waals surface area contributed by atoms with Crippen molar-refractivity contribution in [1.29, 1.82) is 0 Å². The van der Waals surface area contributed by atoms with Crippen LogP contribution in [0.2, 0.25) is 0 Å². The first-order valence-corrected chi connectivity index (χ1v) is 22.7. The molecule has 0 radical (unpaired) electrons. The van der Waals surface area contributed by atoms with E-state index in [1.807, 2.05) is 43.2 Å². The lowest BCUT2D eigenvalue weighted by molar-refractivity contribution is -0.228. The molecule has 14 heteroatoms. The summed E-state index contributed by atoms with van der Waals surface area (Å²) in [6.07, 6.45) is 6.84. The summed E-state index contributed by atoms with van der Waals surface area (Å²) < 4.78 is 54.9. The van der Waals surface area contributed by atoms with Crippen LogP contribution in [0, 0.1) is 17.3 Å². The Bertz CT molecular complexity index is 2430. The number of esters is 3. The summed E-state index contributed by atoms with van der Waals surface area (Å²) >= 11 is 0. The Morgan fingerprint density at radius 2 is 1.76 bits per heavy atom. The number of halogens is 2. The second kappa shape index (κ2) is 14.5. The number of fused-ring (bicyclic) bond motifs is 6. The van der Waals surface area contributed by atoms with Crippen LogP contribution >= 0.6 is 0 Å². The van der Waals surface area contributed by atoms with E-state index in [0.29, 0.717) is 74.1 Å². The zero-order chi connectivity index (χ0) is 44.6. The van der Waals surface area contributed by atoms with Gasteiger partial charge in [-0.3, -0.25) is 14.5 Å². The van der Waals surface area contributed by atoms with Crippen molar-refractivity contribution in [2.75, 3.05) is 66.0 Å². The highest BCUT2D eigenvalue weighted by molar-refractivity contribution is 5.95. The molecular formula is C49H60F2N4O8. The maximum atomic E-state index is 15.5. The molecule has 6 heterocycles. The first kappa shape index (κ1) is 42.4. The number of nitrogens with one attached hydrogen (secondary N) is 1. The van der Waals surface area contributed by atoms with E-state index in [-0.39, 0.29) is 31.3 Å². The standard InChI is InChI=1S/C49H60F2N4O8/c1-8-46-15-9-17-55-19-16-47(40(46)55)34-22-35(38(60-5)23-37(34)53(4)41(47)49(59,44(58)62-7)42(46)63-27(2)56)48(43(57)61-6)24-28-20-31(45(3,50)51)26-54(25-28)18-14-32-33-21-30(29-10-11-29)12-13-36(33)52-39(32)48/h9,12-13,15,21-23,28-29,31,40-42,52,59H,8,10-11,14,16-20,24-26H2,1-7H3/t28?,31?,40?,41?,42-,46-,47?,48-,49+/m0/s1. The van der Waals surface area contributed by atoms with Crippen LogP contribution in [-0.2, 0) is 45.8 Å². The number of carbonyl (C=O) groups excluding carboxylic acids is 3. The first-order chi connectivity index (χ1) is 30.0. The highest BCUT2D eigenvalue weighted by Gasteiger charge is 2.80. The normalized spacial score (nSPS) is 35.7. The Kier molecular flexibility index (Phi) is 9.76. The van der Waals surface area contributed by atoms with Crippen molar-refractivity contribution in [3.8, 4) is 5.75 Å². The molecule has 7 aliphatic rings. The van der Waals surface area contributed by atoms with Crippen molar-refractivity contribution in [2.24, 2.45) is 17.3 Å². The minimum atomic E-state index is -2.93. The molecule has 10 rings (SSSR count). The van der Waals surface area contributed by atoms with E-state index in [1.165, 1.54) is 26.7 Å². The molecular weight excluding hydrogens is 811 g/mol. The van der Waals surface area contributed by atoms with Crippen LogP contribution in [0.1, 0.15) is 93.2 Å². The highest BCUT2D eigenvalue weighted by Crippen LogP contribution is 2.68. The van der Waals surface area contributed by atoms with E-state index >= 15 is 13.6 Å². The monoisotopic (exact) mass is 870 g/mol. The maximum absolute atomic E-state index is 15.5. The van der Waals surface area contributed by atoms with Gasteiger partial charge in [-0.2, -0.15) is 0 Å². The molecule has 12 nitrogen and oxygen atoms in total. The van der Waals surface area contributed by atoms with Gasteiger partial charge in [-0.1, -0.05) is 25.1 Å². The number of hydrogen-bond donors (Lipinski definition) is 2. The Hall–Kier alpha value is -4.53. The molecule has 2 N–H and O–H groups in total. The fourth-order valence-corrected chi connectivity index (χ4v) is 14.2. The third-order valence-corrected chi connectivity index (χ3v) is 16.7. The van der Waals surface area contributed by atoms with E-state index in [1.54, 1.807) is 7.11 Å². The molecule has 2 bridgehead atoms. The second-order valence-electron chi connectivity index (χ2n) is 19.9. The number of alkyl halides is 2. The summed E-state index contributed by atoms with van der Waals surface area (Å²) in [6.45, 7) is 6.86. The van der Waals surface area contributed by atoms with Gasteiger partial charge in [-0.25, -0.2) is 13.6 Å². The molecule has 2 saturated carbocycles. The molecule has 0 amide bonds. The average molecular weight is 871 g/mol. The minimum absolute atomic E-state index is 0.164. The Balaban J connectivity index is 1.27. The predicted octanol–water partition coefficient (Wildman–Crippen LogP) is 6.00. The number of ether oxygens (including phenoxy) is 4. The van der Waals surface area contributed by atoms with Gasteiger partial charge in [0, 0.05) is 96.9 Å². The third kappa shape index (κ3) is 5.74. The molecule has 6 unspecified atom stereocenters. The number of piperidine rings is 1. The van der Waals surface area contributed by atoms with Gasteiger partial charge in [0.15, 0.2) is 6.10 Å². The van der Waals surface area contributed by atoms with E-state index in [0.717, 1.165) is 41.8 Å². The zero-order valence-electron chi connectivity index (χ0n) is 37.4. The minimum Gasteiger partial charge on any atom is -0.496 e. The van der Waals surface area contributed by atoms with Crippen LogP contribution in [-0.4, -0.2) is 129 Å². The maximum Gasteiger partial charge on any atom is 0.344 e. The second-order valence-corrected chi connectivity index (χ2v) is 19.9. The van der Waals surface area contributed by atoms with Crippen LogP contribution in [0.3, 0.4) is 0 Å².